The molecular weight excluding hydrogens is 465 g/mol. The number of rotatable bonds is 8. The first-order valence-corrected chi connectivity index (χ1v) is 10.2. The zero-order chi connectivity index (χ0) is 25.6. The molecule has 0 unspecified atom stereocenters. The Hall–Kier alpha value is -4.47. The number of aliphatic carboxylic acids is 1. The van der Waals surface area contributed by atoms with Crippen LogP contribution < -0.4 is 20.9 Å². The van der Waals surface area contributed by atoms with Gasteiger partial charge in [0.1, 0.15) is 11.5 Å². The van der Waals surface area contributed by atoms with Gasteiger partial charge in [-0.1, -0.05) is 18.2 Å². The summed E-state index contributed by atoms with van der Waals surface area (Å²) in [5, 5.41) is 9.57. The van der Waals surface area contributed by atoms with E-state index in [0.717, 1.165) is 0 Å². The van der Waals surface area contributed by atoms with E-state index in [9.17, 15) is 27.9 Å². The third kappa shape index (κ3) is 7.53. The predicted octanol–water partition coefficient (Wildman–Crippen LogP) is 4.72. The second kappa shape index (κ2) is 10.6. The number of benzene rings is 3. The smallest absolute Gasteiger partial charge is 0.422 e. The van der Waals surface area contributed by atoms with Crippen molar-refractivity contribution in [3.63, 3.8) is 0 Å². The first kappa shape index (κ1) is 25.2. The van der Waals surface area contributed by atoms with E-state index >= 15 is 0 Å². The lowest BCUT2D eigenvalue weighted by Crippen LogP contribution is -2.19. The van der Waals surface area contributed by atoms with Gasteiger partial charge >= 0.3 is 18.1 Å². The summed E-state index contributed by atoms with van der Waals surface area (Å²) in [7, 11) is 0. The molecule has 3 aromatic carbocycles. The molecule has 0 amide bonds. The van der Waals surface area contributed by atoms with Gasteiger partial charge in [0.25, 0.3) is 0 Å². The van der Waals surface area contributed by atoms with Gasteiger partial charge in [-0.05, 0) is 65.7 Å². The fourth-order valence-corrected chi connectivity index (χ4v) is 3.02. The number of nitrogens with two attached hydrogens (primary N) is 2. The standard InChI is InChI=1S/C25H21F3N2O5/c26-25(27,28)14-34-20-9-4-16(5-10-20)24(33)35-21-7-1-15(2-8-21)11-18(23(31)32)12-17-3-6-19(29)13-22(17)30/h1-11,13H,12,14,29-30H2,(H,31,32). The van der Waals surface area contributed by atoms with Gasteiger partial charge in [-0.25, -0.2) is 9.59 Å². The number of carboxylic acids is 1. The minimum atomic E-state index is -4.46. The van der Waals surface area contributed by atoms with E-state index in [-0.39, 0.29) is 29.1 Å². The predicted molar refractivity (Wildman–Crippen MR) is 124 cm³/mol. The second-order valence-electron chi connectivity index (χ2n) is 7.50. The van der Waals surface area contributed by atoms with Crippen molar-refractivity contribution in [1.82, 2.24) is 0 Å². The molecule has 0 radical (unpaired) electrons. The Morgan fingerprint density at radius 3 is 2.11 bits per heavy atom. The normalized spacial score (nSPS) is 11.7. The summed E-state index contributed by atoms with van der Waals surface area (Å²) >= 11 is 0. The number of ether oxygens (including phenoxy) is 2. The van der Waals surface area contributed by atoms with Crippen LogP contribution >= 0.6 is 0 Å². The van der Waals surface area contributed by atoms with Crippen molar-refractivity contribution in [2.45, 2.75) is 12.6 Å². The maximum Gasteiger partial charge on any atom is 0.422 e. The van der Waals surface area contributed by atoms with Crippen molar-refractivity contribution in [1.29, 1.82) is 0 Å². The molecule has 0 saturated heterocycles. The topological polar surface area (TPSA) is 125 Å². The molecule has 0 fully saturated rings. The molecule has 182 valence electrons. The lowest BCUT2D eigenvalue weighted by molar-refractivity contribution is -0.153. The Kier molecular flexibility index (Phi) is 7.65. The minimum Gasteiger partial charge on any atom is -0.484 e. The molecule has 0 heterocycles. The van der Waals surface area contributed by atoms with Crippen LogP contribution in [0.2, 0.25) is 0 Å². The van der Waals surface area contributed by atoms with Gasteiger partial charge in [-0.15, -0.1) is 0 Å². The maximum absolute atomic E-state index is 12.3. The number of esters is 1. The van der Waals surface area contributed by atoms with Crippen LogP contribution in [-0.4, -0.2) is 29.8 Å². The number of halogens is 3. The number of carbonyl (C=O) groups is 2. The molecule has 0 saturated carbocycles. The molecule has 35 heavy (non-hydrogen) atoms. The highest BCUT2D eigenvalue weighted by Crippen LogP contribution is 2.23. The average Bonchev–Trinajstić information content (AvgIpc) is 2.79. The van der Waals surface area contributed by atoms with Crippen molar-refractivity contribution in [3.05, 3.63) is 89.0 Å². The zero-order valence-electron chi connectivity index (χ0n) is 18.2. The first-order valence-electron chi connectivity index (χ1n) is 10.2. The Morgan fingerprint density at radius 1 is 0.914 bits per heavy atom. The van der Waals surface area contributed by atoms with E-state index in [2.05, 4.69) is 4.74 Å². The van der Waals surface area contributed by atoms with Crippen molar-refractivity contribution < 1.29 is 37.3 Å². The number of hydrogen-bond donors (Lipinski definition) is 3. The summed E-state index contributed by atoms with van der Waals surface area (Å²) in [6.07, 6.45) is -2.90. The summed E-state index contributed by atoms with van der Waals surface area (Å²) in [6, 6.07) is 16.0. The van der Waals surface area contributed by atoms with Gasteiger partial charge in [-0.2, -0.15) is 13.2 Å². The summed E-state index contributed by atoms with van der Waals surface area (Å²) in [6.45, 7) is -1.44. The highest BCUT2D eigenvalue weighted by atomic mass is 19.4. The van der Waals surface area contributed by atoms with E-state index in [1.165, 1.54) is 42.5 Å². The second-order valence-corrected chi connectivity index (χ2v) is 7.50. The fourth-order valence-electron chi connectivity index (χ4n) is 3.02. The zero-order valence-corrected chi connectivity index (χ0v) is 18.2. The molecule has 0 spiro atoms. The lowest BCUT2D eigenvalue weighted by Gasteiger charge is -2.10. The minimum absolute atomic E-state index is 0.0371. The highest BCUT2D eigenvalue weighted by molar-refractivity contribution is 5.93. The van der Waals surface area contributed by atoms with Crippen LogP contribution in [0.5, 0.6) is 11.5 Å². The number of carbonyl (C=O) groups excluding carboxylic acids is 1. The van der Waals surface area contributed by atoms with E-state index in [0.29, 0.717) is 22.5 Å². The quantitative estimate of drug-likeness (QED) is 0.182. The van der Waals surface area contributed by atoms with Crippen LogP contribution in [0.4, 0.5) is 24.5 Å². The Labute approximate surface area is 198 Å². The molecule has 5 N–H and O–H groups in total. The van der Waals surface area contributed by atoms with Crippen molar-refractivity contribution in [2.24, 2.45) is 0 Å². The molecule has 3 aromatic rings. The molecule has 0 atom stereocenters. The average molecular weight is 486 g/mol. The van der Waals surface area contributed by atoms with Crippen LogP contribution in [0.15, 0.2) is 72.3 Å². The Morgan fingerprint density at radius 2 is 1.54 bits per heavy atom. The molecule has 0 aliphatic rings. The SMILES string of the molecule is Nc1ccc(CC(=Cc2ccc(OC(=O)c3ccc(OCC(F)(F)F)cc3)cc2)C(=O)O)c(N)c1. The fraction of sp³-hybridized carbons (Fsp3) is 0.120. The molecular formula is C25H21F3N2O5. The number of nitrogen functional groups attached to an aromatic ring is 2. The monoisotopic (exact) mass is 486 g/mol. The summed E-state index contributed by atoms with van der Waals surface area (Å²) < 4.78 is 46.5. The third-order valence-electron chi connectivity index (χ3n) is 4.75. The van der Waals surface area contributed by atoms with E-state index in [1.807, 2.05) is 0 Å². The van der Waals surface area contributed by atoms with Gasteiger partial charge in [0.15, 0.2) is 6.61 Å². The maximum atomic E-state index is 12.3. The molecule has 7 nitrogen and oxygen atoms in total. The molecule has 3 rings (SSSR count). The molecule has 0 bridgehead atoms. The molecule has 0 aromatic heterocycles. The van der Waals surface area contributed by atoms with Crippen molar-refractivity contribution in [2.75, 3.05) is 18.1 Å². The number of anilines is 2. The van der Waals surface area contributed by atoms with Crippen molar-refractivity contribution >= 4 is 29.4 Å². The molecule has 0 aliphatic heterocycles. The number of alkyl halides is 3. The Balaban J connectivity index is 1.65. The highest BCUT2D eigenvalue weighted by Gasteiger charge is 2.28. The number of carboxylic acid groups (broad SMARTS) is 1. The van der Waals surface area contributed by atoms with Gasteiger partial charge in [-0.3, -0.25) is 0 Å². The molecule has 0 aliphatic carbocycles. The van der Waals surface area contributed by atoms with Gasteiger partial charge in [0, 0.05) is 23.4 Å². The van der Waals surface area contributed by atoms with Crippen molar-refractivity contribution in [3.8, 4) is 11.5 Å². The summed E-state index contributed by atoms with van der Waals surface area (Å²) in [5.74, 6) is -1.67. The third-order valence-corrected chi connectivity index (χ3v) is 4.75. The van der Waals surface area contributed by atoms with Gasteiger partial charge in [0.2, 0.25) is 0 Å². The van der Waals surface area contributed by atoms with Crippen LogP contribution in [0.3, 0.4) is 0 Å². The number of hydrogen-bond acceptors (Lipinski definition) is 6. The van der Waals surface area contributed by atoms with E-state index < -0.39 is 24.7 Å². The van der Waals surface area contributed by atoms with Gasteiger partial charge in [0.05, 0.1) is 5.56 Å². The summed E-state index contributed by atoms with van der Waals surface area (Å²) in [5.41, 5.74) is 13.8. The Bertz CT molecular complexity index is 1240. The van der Waals surface area contributed by atoms with Crippen LogP contribution in [-0.2, 0) is 11.2 Å². The summed E-state index contributed by atoms with van der Waals surface area (Å²) in [4.78, 5) is 24.0. The first-order chi connectivity index (χ1) is 16.5. The largest absolute Gasteiger partial charge is 0.484 e. The van der Waals surface area contributed by atoms with Crippen LogP contribution in [0.25, 0.3) is 6.08 Å². The molecule has 10 heteroatoms. The van der Waals surface area contributed by atoms with E-state index in [4.69, 9.17) is 16.2 Å². The van der Waals surface area contributed by atoms with Crippen LogP contribution in [0.1, 0.15) is 21.5 Å². The van der Waals surface area contributed by atoms with Gasteiger partial charge < -0.3 is 26.0 Å². The van der Waals surface area contributed by atoms with Crippen LogP contribution in [0, 0.1) is 0 Å². The lowest BCUT2D eigenvalue weighted by atomic mass is 10.0. The van der Waals surface area contributed by atoms with E-state index in [1.54, 1.807) is 30.3 Å².